The summed E-state index contributed by atoms with van der Waals surface area (Å²) in [6, 6.07) is 11.3. The van der Waals surface area contributed by atoms with Gasteiger partial charge in [0.25, 0.3) is 0 Å². The smallest absolute Gasteiger partial charge is 0.238 e. The van der Waals surface area contributed by atoms with Gasteiger partial charge in [0, 0.05) is 11.7 Å². The summed E-state index contributed by atoms with van der Waals surface area (Å²) in [5.74, 6) is 0.801. The van der Waals surface area contributed by atoms with Crippen molar-refractivity contribution in [3.05, 3.63) is 54.0 Å². The lowest BCUT2D eigenvalue weighted by atomic mass is 9.87. The number of furan rings is 1. The van der Waals surface area contributed by atoms with Crippen LogP contribution < -0.4 is 5.32 Å². The topological polar surface area (TPSA) is 79.6 Å². The Morgan fingerprint density at radius 1 is 1.21 bits per heavy atom. The lowest BCUT2D eigenvalue weighted by Crippen LogP contribution is -2.41. The number of carbonyl (C=O) groups excluding carboxylic acids is 1. The molecule has 0 radical (unpaired) electrons. The molecule has 152 valence electrons. The van der Waals surface area contributed by atoms with Gasteiger partial charge in [0.1, 0.15) is 5.76 Å². The van der Waals surface area contributed by atoms with Crippen molar-refractivity contribution in [3.8, 4) is 0 Å². The van der Waals surface area contributed by atoms with E-state index in [1.807, 2.05) is 35.2 Å². The molecule has 1 saturated heterocycles. The van der Waals surface area contributed by atoms with Gasteiger partial charge in [-0.3, -0.25) is 9.69 Å². The molecule has 2 aromatic rings. The second-order valence-electron chi connectivity index (χ2n) is 8.42. The molecule has 1 fully saturated rings. The second kappa shape index (κ2) is 8.09. The maximum absolute atomic E-state index is 12.6. The van der Waals surface area contributed by atoms with Gasteiger partial charge in [-0.05, 0) is 41.7 Å². The van der Waals surface area contributed by atoms with Crippen LogP contribution in [0.15, 0.2) is 47.1 Å². The number of carbonyl (C=O) groups is 1. The maximum Gasteiger partial charge on any atom is 0.238 e. The first-order valence-electron chi connectivity index (χ1n) is 9.50. The van der Waals surface area contributed by atoms with Crippen LogP contribution in [-0.4, -0.2) is 43.3 Å². The Kier molecular flexibility index (Phi) is 5.95. The van der Waals surface area contributed by atoms with E-state index in [4.69, 9.17) is 4.42 Å². The summed E-state index contributed by atoms with van der Waals surface area (Å²) in [6.45, 7) is 6.94. The minimum atomic E-state index is -3.04. The summed E-state index contributed by atoms with van der Waals surface area (Å²) in [4.78, 5) is 14.5. The molecule has 0 aliphatic carbocycles. The summed E-state index contributed by atoms with van der Waals surface area (Å²) in [6.07, 6.45) is 2.12. The van der Waals surface area contributed by atoms with E-state index in [1.165, 1.54) is 5.56 Å². The van der Waals surface area contributed by atoms with Gasteiger partial charge in [0.05, 0.1) is 30.9 Å². The molecule has 1 amide bonds. The van der Waals surface area contributed by atoms with Crippen LogP contribution in [0.2, 0.25) is 0 Å². The molecule has 0 spiro atoms. The highest BCUT2D eigenvalue weighted by atomic mass is 32.2. The Morgan fingerprint density at radius 3 is 2.46 bits per heavy atom. The summed E-state index contributed by atoms with van der Waals surface area (Å²) >= 11 is 0. The van der Waals surface area contributed by atoms with Crippen molar-refractivity contribution in [3.63, 3.8) is 0 Å². The first-order valence-corrected chi connectivity index (χ1v) is 11.3. The number of hydrogen-bond acceptors (Lipinski definition) is 5. The number of nitrogens with zero attached hydrogens (tertiary/aromatic N) is 1. The van der Waals surface area contributed by atoms with Crippen LogP contribution in [-0.2, 0) is 26.6 Å². The van der Waals surface area contributed by atoms with Crippen LogP contribution in [0.1, 0.15) is 38.5 Å². The largest absolute Gasteiger partial charge is 0.468 e. The number of amides is 1. The lowest BCUT2D eigenvalue weighted by molar-refractivity contribution is -0.118. The summed E-state index contributed by atoms with van der Waals surface area (Å²) in [5, 5.41) is 2.91. The van der Waals surface area contributed by atoms with Crippen LogP contribution >= 0.6 is 0 Å². The van der Waals surface area contributed by atoms with Crippen LogP contribution in [0.5, 0.6) is 0 Å². The van der Waals surface area contributed by atoms with E-state index in [0.29, 0.717) is 18.7 Å². The van der Waals surface area contributed by atoms with Gasteiger partial charge in [-0.1, -0.05) is 32.9 Å². The fourth-order valence-corrected chi connectivity index (χ4v) is 5.18. The monoisotopic (exact) mass is 404 g/mol. The molecule has 3 rings (SSSR count). The van der Waals surface area contributed by atoms with Gasteiger partial charge >= 0.3 is 0 Å². The third-order valence-electron chi connectivity index (χ3n) is 5.05. The zero-order valence-electron chi connectivity index (χ0n) is 16.6. The van der Waals surface area contributed by atoms with Crippen molar-refractivity contribution in [1.82, 2.24) is 4.90 Å². The maximum atomic E-state index is 12.6. The molecule has 28 heavy (non-hydrogen) atoms. The number of hydrogen-bond donors (Lipinski definition) is 1. The summed E-state index contributed by atoms with van der Waals surface area (Å²) in [7, 11) is -3.04. The molecule has 6 nitrogen and oxygen atoms in total. The van der Waals surface area contributed by atoms with Crippen molar-refractivity contribution in [2.75, 3.05) is 23.4 Å². The second-order valence-corrected chi connectivity index (χ2v) is 10.6. The Morgan fingerprint density at radius 2 is 1.93 bits per heavy atom. The SMILES string of the molecule is CC(C)(C)c1ccc(NC(=O)CN(Cc2ccco2)C2CCS(=O)(=O)C2)cc1. The van der Waals surface area contributed by atoms with Crippen LogP contribution in [0.25, 0.3) is 0 Å². The van der Waals surface area contributed by atoms with Crippen molar-refractivity contribution in [2.45, 2.75) is 45.2 Å². The predicted octanol–water partition coefficient (Wildman–Crippen LogP) is 3.20. The highest BCUT2D eigenvalue weighted by molar-refractivity contribution is 7.91. The molecule has 1 atom stereocenters. The Labute approximate surface area is 166 Å². The molecule has 1 aromatic heterocycles. The van der Waals surface area contributed by atoms with Crippen molar-refractivity contribution in [1.29, 1.82) is 0 Å². The van der Waals surface area contributed by atoms with E-state index in [1.54, 1.807) is 12.3 Å². The van der Waals surface area contributed by atoms with Gasteiger partial charge in [-0.25, -0.2) is 8.42 Å². The average Bonchev–Trinajstić information content (AvgIpc) is 3.23. The molecule has 1 aliphatic heterocycles. The lowest BCUT2D eigenvalue weighted by Gasteiger charge is -2.26. The third-order valence-corrected chi connectivity index (χ3v) is 6.80. The van der Waals surface area contributed by atoms with Gasteiger partial charge < -0.3 is 9.73 Å². The minimum absolute atomic E-state index is 0.0519. The molecule has 0 bridgehead atoms. The number of rotatable bonds is 6. The molecular weight excluding hydrogens is 376 g/mol. The molecule has 0 saturated carbocycles. The number of sulfone groups is 1. The van der Waals surface area contributed by atoms with E-state index in [-0.39, 0.29) is 35.4 Å². The van der Waals surface area contributed by atoms with Crippen molar-refractivity contribution >= 4 is 21.4 Å². The van der Waals surface area contributed by atoms with E-state index >= 15 is 0 Å². The standard InChI is InChI=1S/C21H28N2O4S/c1-21(2,3)16-6-8-17(9-7-16)22-20(24)14-23(13-19-5-4-11-27-19)18-10-12-28(25,26)15-18/h4-9,11,18H,10,12-15H2,1-3H3,(H,22,24). The highest BCUT2D eigenvalue weighted by Gasteiger charge is 2.33. The fraction of sp³-hybridized carbons (Fsp3) is 0.476. The quantitative estimate of drug-likeness (QED) is 0.800. The summed E-state index contributed by atoms with van der Waals surface area (Å²) in [5.41, 5.74) is 1.98. The van der Waals surface area contributed by atoms with Gasteiger partial charge in [0.15, 0.2) is 9.84 Å². The Bertz CT molecular complexity index is 897. The first kappa shape index (κ1) is 20.6. The molecule has 1 N–H and O–H groups in total. The van der Waals surface area contributed by atoms with E-state index < -0.39 is 9.84 Å². The zero-order chi connectivity index (χ0) is 20.4. The predicted molar refractivity (Wildman–Crippen MR) is 110 cm³/mol. The van der Waals surface area contributed by atoms with Crippen LogP contribution in [0.3, 0.4) is 0 Å². The van der Waals surface area contributed by atoms with Gasteiger partial charge in [-0.15, -0.1) is 0 Å². The molecular formula is C21H28N2O4S. The minimum Gasteiger partial charge on any atom is -0.468 e. The number of nitrogens with one attached hydrogen (secondary N) is 1. The van der Waals surface area contributed by atoms with E-state index in [9.17, 15) is 13.2 Å². The highest BCUT2D eigenvalue weighted by Crippen LogP contribution is 2.24. The number of benzene rings is 1. The first-order chi connectivity index (χ1) is 13.1. The van der Waals surface area contributed by atoms with Crippen LogP contribution in [0.4, 0.5) is 5.69 Å². The Hall–Kier alpha value is -2.12. The normalized spacial score (nSPS) is 19.1. The molecule has 1 unspecified atom stereocenters. The van der Waals surface area contributed by atoms with Crippen LogP contribution in [0, 0.1) is 0 Å². The Balaban J connectivity index is 1.67. The van der Waals surface area contributed by atoms with Crippen molar-refractivity contribution < 1.29 is 17.6 Å². The van der Waals surface area contributed by atoms with Gasteiger partial charge in [0.2, 0.25) is 5.91 Å². The zero-order valence-corrected chi connectivity index (χ0v) is 17.5. The fourth-order valence-electron chi connectivity index (χ4n) is 3.42. The third kappa shape index (κ3) is 5.45. The molecule has 2 heterocycles. The van der Waals surface area contributed by atoms with E-state index in [2.05, 4.69) is 26.1 Å². The molecule has 1 aromatic carbocycles. The number of anilines is 1. The van der Waals surface area contributed by atoms with E-state index in [0.717, 1.165) is 5.69 Å². The molecule has 1 aliphatic rings. The van der Waals surface area contributed by atoms with Gasteiger partial charge in [-0.2, -0.15) is 0 Å². The molecule has 7 heteroatoms. The average molecular weight is 405 g/mol. The van der Waals surface area contributed by atoms with Crippen molar-refractivity contribution in [2.24, 2.45) is 0 Å². The summed E-state index contributed by atoms with van der Waals surface area (Å²) < 4.78 is 29.2.